The first kappa shape index (κ1) is 31.8. The predicted molar refractivity (Wildman–Crippen MR) is 177 cm³/mol. The van der Waals surface area contributed by atoms with E-state index >= 15 is 4.39 Å². The number of carbonyl (C=O) groups excluding carboxylic acids is 1. The van der Waals surface area contributed by atoms with Gasteiger partial charge >= 0.3 is 0 Å². The summed E-state index contributed by atoms with van der Waals surface area (Å²) in [6, 6.07) is 33.7. The largest absolute Gasteiger partial charge is 0.512 e. The van der Waals surface area contributed by atoms with Gasteiger partial charge in [-0.15, -0.1) is 29.1 Å². The molecule has 0 fully saturated rings. The minimum Gasteiger partial charge on any atom is -0.512 e. The molecule has 0 unspecified atom stereocenters. The summed E-state index contributed by atoms with van der Waals surface area (Å²) < 4.78 is 22.0. The van der Waals surface area contributed by atoms with Crippen molar-refractivity contribution in [1.29, 1.82) is 0 Å². The van der Waals surface area contributed by atoms with Crippen LogP contribution in [0.5, 0.6) is 0 Å². The van der Waals surface area contributed by atoms with E-state index in [1.165, 1.54) is 41.6 Å². The molecule has 0 aliphatic heterocycles. The second-order valence-corrected chi connectivity index (χ2v) is 11.2. The van der Waals surface area contributed by atoms with Crippen molar-refractivity contribution in [1.82, 2.24) is 4.98 Å². The van der Waals surface area contributed by atoms with Crippen LogP contribution in [0.2, 0.25) is 0 Å². The second kappa shape index (κ2) is 13.2. The summed E-state index contributed by atoms with van der Waals surface area (Å²) in [5, 5.41) is 14.6. The van der Waals surface area contributed by atoms with Crippen molar-refractivity contribution in [2.45, 2.75) is 33.6 Å². The van der Waals surface area contributed by atoms with E-state index in [2.05, 4.69) is 62.4 Å². The number of aliphatic hydroxyl groups excluding tert-OH is 1. The quantitative estimate of drug-likeness (QED) is 0.0838. The van der Waals surface area contributed by atoms with Gasteiger partial charge in [0, 0.05) is 54.4 Å². The van der Waals surface area contributed by atoms with Crippen molar-refractivity contribution in [2.24, 2.45) is 0 Å². The molecule has 0 saturated heterocycles. The van der Waals surface area contributed by atoms with Crippen LogP contribution in [0.25, 0.3) is 65.9 Å². The van der Waals surface area contributed by atoms with Crippen molar-refractivity contribution in [3.63, 3.8) is 0 Å². The van der Waals surface area contributed by atoms with Crippen LogP contribution in [-0.2, 0) is 24.9 Å². The molecule has 0 spiro atoms. The van der Waals surface area contributed by atoms with Crippen molar-refractivity contribution in [3.8, 4) is 22.4 Å². The minimum absolute atomic E-state index is 0. The Morgan fingerprint density at radius 3 is 2.29 bits per heavy atom. The van der Waals surface area contributed by atoms with Crippen LogP contribution in [0.1, 0.15) is 39.2 Å². The molecular formula is C39H31FIrNO3-. The van der Waals surface area contributed by atoms with E-state index < -0.39 is 0 Å². The van der Waals surface area contributed by atoms with E-state index in [4.69, 9.17) is 14.5 Å². The number of pyridine rings is 1. The average molecular weight is 773 g/mol. The molecular weight excluding hydrogens is 742 g/mol. The number of allylic oxidation sites excluding steroid dienone is 2. The number of furan rings is 1. The maximum Gasteiger partial charge on any atom is 0.174 e. The zero-order chi connectivity index (χ0) is 31.0. The van der Waals surface area contributed by atoms with Crippen LogP contribution in [-0.4, -0.2) is 15.9 Å². The maximum absolute atomic E-state index is 15.7. The zero-order valence-electron chi connectivity index (χ0n) is 25.3. The van der Waals surface area contributed by atoms with Gasteiger partial charge < -0.3 is 9.52 Å². The molecule has 0 bridgehead atoms. The van der Waals surface area contributed by atoms with Crippen LogP contribution in [0, 0.1) is 11.9 Å². The van der Waals surface area contributed by atoms with Gasteiger partial charge in [-0.3, -0.25) is 9.78 Å². The standard InChI is InChI=1S/C34H23FNO.C5H8O2.Ir/c1-20(2)29-19-24(18-23-13-12-22-10-6-7-11-25(22)30(23)29)32-34-28(16-17-36-32)27-15-14-26(31(35)33(27)37-34)21-8-4-3-5-9-21;1-4(6)3-5(2)7;/h3-17,19-20H,1-2H3;3,6H,1-2H3;/q-1;;/b;4-3-;. The van der Waals surface area contributed by atoms with Crippen molar-refractivity contribution in [2.75, 3.05) is 0 Å². The first-order valence-electron chi connectivity index (χ1n) is 14.5. The van der Waals surface area contributed by atoms with Gasteiger partial charge in [-0.1, -0.05) is 91.5 Å². The number of fused-ring (bicyclic) bond motifs is 6. The summed E-state index contributed by atoms with van der Waals surface area (Å²) in [7, 11) is 0. The Balaban J connectivity index is 0.000000452. The fraction of sp³-hybridized carbons (Fsp3) is 0.128. The van der Waals surface area contributed by atoms with E-state index in [0.29, 0.717) is 22.8 Å². The molecule has 6 heteroatoms. The fourth-order valence-electron chi connectivity index (χ4n) is 5.74. The zero-order valence-corrected chi connectivity index (χ0v) is 27.7. The molecule has 1 N–H and O–H groups in total. The maximum atomic E-state index is 15.7. The van der Waals surface area contributed by atoms with E-state index in [9.17, 15) is 4.79 Å². The van der Waals surface area contributed by atoms with Crippen LogP contribution < -0.4 is 0 Å². The monoisotopic (exact) mass is 773 g/mol. The molecule has 1 radical (unpaired) electrons. The molecule has 7 aromatic rings. The Morgan fingerprint density at radius 2 is 1.60 bits per heavy atom. The Labute approximate surface area is 274 Å². The smallest absolute Gasteiger partial charge is 0.174 e. The van der Waals surface area contributed by atoms with Crippen molar-refractivity contribution >= 4 is 49.3 Å². The van der Waals surface area contributed by atoms with Gasteiger partial charge in [0.25, 0.3) is 0 Å². The third kappa shape index (κ3) is 6.17. The van der Waals surface area contributed by atoms with Gasteiger partial charge in [0.2, 0.25) is 0 Å². The van der Waals surface area contributed by atoms with Gasteiger partial charge in [-0.25, -0.2) is 4.39 Å². The number of benzene rings is 5. The molecule has 2 aromatic heterocycles. The molecule has 0 aliphatic rings. The van der Waals surface area contributed by atoms with Gasteiger partial charge in [0.05, 0.1) is 5.76 Å². The topological polar surface area (TPSA) is 63.3 Å². The van der Waals surface area contributed by atoms with Crippen LogP contribution in [0.15, 0.2) is 113 Å². The van der Waals surface area contributed by atoms with Gasteiger partial charge in [-0.2, -0.15) is 0 Å². The molecule has 45 heavy (non-hydrogen) atoms. The van der Waals surface area contributed by atoms with Gasteiger partial charge in [0.15, 0.2) is 17.2 Å². The summed E-state index contributed by atoms with van der Waals surface area (Å²) >= 11 is 0. The molecule has 7 rings (SSSR count). The number of aromatic nitrogens is 1. The third-order valence-electron chi connectivity index (χ3n) is 7.66. The number of aliphatic hydroxyl groups is 1. The van der Waals surface area contributed by atoms with Crippen LogP contribution in [0.4, 0.5) is 4.39 Å². The van der Waals surface area contributed by atoms with Gasteiger partial charge in [-0.05, 0) is 48.2 Å². The molecule has 5 aromatic carbocycles. The van der Waals surface area contributed by atoms with Gasteiger partial charge in [0.1, 0.15) is 5.58 Å². The summed E-state index contributed by atoms with van der Waals surface area (Å²) in [6.45, 7) is 7.26. The number of rotatable bonds is 4. The SMILES string of the molecule is CC(=O)/C=C(/C)O.CC(C)c1cc(-c2nccc3c2oc2c(F)c(-c4ccccc4)ccc23)[c-]c2ccc3ccccc3c12.[Ir]. The van der Waals surface area contributed by atoms with E-state index in [1.54, 1.807) is 6.20 Å². The number of carbonyl (C=O) groups is 1. The first-order valence-corrected chi connectivity index (χ1v) is 14.5. The molecule has 227 valence electrons. The Bertz CT molecular complexity index is 2210. The fourth-order valence-corrected chi connectivity index (χ4v) is 5.74. The number of nitrogens with zero attached hydrogens (tertiary/aromatic N) is 1. The van der Waals surface area contributed by atoms with Crippen LogP contribution >= 0.6 is 0 Å². The molecule has 0 aliphatic carbocycles. The number of ketones is 1. The Hall–Kier alpha value is -4.64. The van der Waals surface area contributed by atoms with E-state index in [1.807, 2.05) is 48.5 Å². The molecule has 4 nitrogen and oxygen atoms in total. The Morgan fingerprint density at radius 1 is 0.889 bits per heavy atom. The van der Waals surface area contributed by atoms with Crippen LogP contribution in [0.3, 0.4) is 0 Å². The number of hydrogen-bond acceptors (Lipinski definition) is 4. The molecule has 0 saturated carbocycles. The van der Waals surface area contributed by atoms with E-state index in [0.717, 1.165) is 27.3 Å². The summed E-state index contributed by atoms with van der Waals surface area (Å²) in [4.78, 5) is 14.7. The number of halogens is 1. The molecule has 0 amide bonds. The average Bonchev–Trinajstić information content (AvgIpc) is 3.40. The summed E-state index contributed by atoms with van der Waals surface area (Å²) in [5.74, 6) is -0.127. The minimum atomic E-state index is -0.359. The molecule has 0 atom stereocenters. The van der Waals surface area contributed by atoms with Crippen molar-refractivity contribution < 1.29 is 38.8 Å². The molecule has 2 heterocycles. The normalized spacial score (nSPS) is 11.6. The Kier molecular flexibility index (Phi) is 9.29. The second-order valence-electron chi connectivity index (χ2n) is 11.2. The first-order chi connectivity index (χ1) is 21.2. The number of hydrogen-bond donors (Lipinski definition) is 1. The predicted octanol–water partition coefficient (Wildman–Crippen LogP) is 10.7. The summed E-state index contributed by atoms with van der Waals surface area (Å²) in [5.41, 5.74) is 4.92. The third-order valence-corrected chi connectivity index (χ3v) is 7.66. The summed E-state index contributed by atoms with van der Waals surface area (Å²) in [6.07, 6.45) is 2.93. The van der Waals surface area contributed by atoms with E-state index in [-0.39, 0.29) is 43.0 Å². The van der Waals surface area contributed by atoms with Crippen molar-refractivity contribution in [3.05, 3.63) is 126 Å².